The second-order valence-electron chi connectivity index (χ2n) is 4.11. The lowest BCUT2D eigenvalue weighted by Gasteiger charge is -2.19. The highest BCUT2D eigenvalue weighted by Gasteiger charge is 2.32. The van der Waals surface area contributed by atoms with Gasteiger partial charge in [0.25, 0.3) is 5.91 Å². The SMILES string of the molecule is C=CCNC(=O)c1sc(N(C)CC(F)(F)F)c(C#N)c1N. The van der Waals surface area contributed by atoms with Gasteiger partial charge in [-0.1, -0.05) is 6.08 Å². The summed E-state index contributed by atoms with van der Waals surface area (Å²) in [6.45, 7) is 2.37. The molecule has 0 aliphatic rings. The van der Waals surface area contributed by atoms with Crippen molar-refractivity contribution >= 4 is 27.9 Å². The molecule has 1 rings (SSSR count). The number of nitriles is 1. The summed E-state index contributed by atoms with van der Waals surface area (Å²) in [7, 11) is 1.19. The largest absolute Gasteiger partial charge is 0.405 e. The number of nitrogens with two attached hydrogens (primary N) is 1. The number of nitrogens with zero attached hydrogens (tertiary/aromatic N) is 2. The van der Waals surface area contributed by atoms with Gasteiger partial charge in [0.1, 0.15) is 28.1 Å². The Bertz CT molecular complexity index is 589. The Hall–Kier alpha value is -2.21. The molecular weight excluding hydrogens is 305 g/mol. The molecule has 0 fully saturated rings. The molecule has 0 atom stereocenters. The highest BCUT2D eigenvalue weighted by Crippen LogP contribution is 2.38. The van der Waals surface area contributed by atoms with Crippen molar-refractivity contribution < 1.29 is 18.0 Å². The number of hydrogen-bond acceptors (Lipinski definition) is 5. The molecule has 0 aliphatic carbocycles. The van der Waals surface area contributed by atoms with Crippen LogP contribution in [0, 0.1) is 11.3 Å². The highest BCUT2D eigenvalue weighted by atomic mass is 32.1. The van der Waals surface area contributed by atoms with Crippen molar-refractivity contribution in [3.05, 3.63) is 23.1 Å². The second-order valence-corrected chi connectivity index (χ2v) is 5.11. The number of rotatable bonds is 5. The molecule has 9 heteroatoms. The van der Waals surface area contributed by atoms with Crippen molar-refractivity contribution in [2.45, 2.75) is 6.18 Å². The molecule has 0 aromatic carbocycles. The van der Waals surface area contributed by atoms with E-state index in [4.69, 9.17) is 11.0 Å². The third-order valence-electron chi connectivity index (χ3n) is 2.41. The third kappa shape index (κ3) is 4.13. The number of hydrogen-bond donors (Lipinski definition) is 2. The average Bonchev–Trinajstić information content (AvgIpc) is 2.71. The van der Waals surface area contributed by atoms with Crippen LogP contribution >= 0.6 is 11.3 Å². The number of carbonyl (C=O) groups is 1. The first-order chi connectivity index (χ1) is 9.71. The van der Waals surface area contributed by atoms with E-state index in [2.05, 4.69) is 11.9 Å². The second kappa shape index (κ2) is 6.49. The van der Waals surface area contributed by atoms with Crippen LogP contribution in [0.2, 0.25) is 0 Å². The van der Waals surface area contributed by atoms with E-state index in [9.17, 15) is 18.0 Å². The molecule has 0 aliphatic heterocycles. The minimum absolute atomic E-state index is 0.0103. The van der Waals surface area contributed by atoms with Gasteiger partial charge in [0.15, 0.2) is 0 Å². The molecule has 1 aromatic rings. The monoisotopic (exact) mass is 318 g/mol. The fraction of sp³-hybridized carbons (Fsp3) is 0.333. The van der Waals surface area contributed by atoms with E-state index in [1.807, 2.05) is 0 Å². The van der Waals surface area contributed by atoms with Crippen LogP contribution in [-0.2, 0) is 0 Å². The average molecular weight is 318 g/mol. The van der Waals surface area contributed by atoms with E-state index in [1.165, 1.54) is 13.1 Å². The van der Waals surface area contributed by atoms with E-state index < -0.39 is 18.6 Å². The van der Waals surface area contributed by atoms with Crippen LogP contribution in [-0.4, -0.2) is 32.2 Å². The van der Waals surface area contributed by atoms with Gasteiger partial charge in [0.2, 0.25) is 0 Å². The molecule has 3 N–H and O–H groups in total. The van der Waals surface area contributed by atoms with Gasteiger partial charge in [0.05, 0.1) is 5.69 Å². The minimum atomic E-state index is -4.43. The van der Waals surface area contributed by atoms with Gasteiger partial charge in [-0.2, -0.15) is 18.4 Å². The Morgan fingerprint density at radius 3 is 2.71 bits per heavy atom. The number of alkyl halides is 3. The molecule has 0 spiro atoms. The molecular formula is C12H13F3N4OS. The van der Waals surface area contributed by atoms with Gasteiger partial charge in [-0.15, -0.1) is 17.9 Å². The normalized spacial score (nSPS) is 10.8. The zero-order chi connectivity index (χ0) is 16.2. The topological polar surface area (TPSA) is 82.2 Å². The zero-order valence-corrected chi connectivity index (χ0v) is 11.9. The molecule has 114 valence electrons. The van der Waals surface area contributed by atoms with E-state index in [1.54, 1.807) is 6.07 Å². The van der Waals surface area contributed by atoms with Crippen LogP contribution in [0.1, 0.15) is 15.2 Å². The Morgan fingerprint density at radius 1 is 1.62 bits per heavy atom. The fourth-order valence-electron chi connectivity index (χ4n) is 1.56. The first kappa shape index (κ1) is 16.8. The molecule has 1 aromatic heterocycles. The lowest BCUT2D eigenvalue weighted by Crippen LogP contribution is -2.30. The molecule has 21 heavy (non-hydrogen) atoms. The summed E-state index contributed by atoms with van der Waals surface area (Å²) in [6.07, 6.45) is -2.98. The van der Waals surface area contributed by atoms with Crippen LogP contribution < -0.4 is 16.0 Å². The van der Waals surface area contributed by atoms with Crippen molar-refractivity contribution in [1.82, 2.24) is 5.32 Å². The summed E-state index contributed by atoms with van der Waals surface area (Å²) in [5.74, 6) is -0.555. The predicted molar refractivity (Wildman–Crippen MR) is 75.3 cm³/mol. The number of amides is 1. The Morgan fingerprint density at radius 2 is 2.24 bits per heavy atom. The molecule has 0 bridgehead atoms. The van der Waals surface area contributed by atoms with Crippen LogP contribution in [0.15, 0.2) is 12.7 Å². The standard InChI is InChI=1S/C12H13F3N4OS/c1-3-4-18-10(20)9-8(17)7(5-16)11(21-9)19(2)6-12(13,14)15/h3H,1,4,6,17H2,2H3,(H,18,20). The molecule has 1 heterocycles. The molecule has 0 radical (unpaired) electrons. The third-order valence-corrected chi connectivity index (χ3v) is 3.73. The summed E-state index contributed by atoms with van der Waals surface area (Å²) in [4.78, 5) is 12.7. The summed E-state index contributed by atoms with van der Waals surface area (Å²) in [6, 6.07) is 1.74. The maximum absolute atomic E-state index is 12.4. The maximum Gasteiger partial charge on any atom is 0.405 e. The molecule has 0 saturated heterocycles. The van der Waals surface area contributed by atoms with Crippen molar-refractivity contribution in [2.24, 2.45) is 0 Å². The number of anilines is 2. The summed E-state index contributed by atoms with van der Waals surface area (Å²) in [5.41, 5.74) is 5.44. The molecule has 1 amide bonds. The smallest absolute Gasteiger partial charge is 0.396 e. The van der Waals surface area contributed by atoms with E-state index in [0.717, 1.165) is 16.2 Å². The molecule has 0 saturated carbocycles. The van der Waals surface area contributed by atoms with Gasteiger partial charge < -0.3 is 16.0 Å². The Kier molecular flexibility index (Phi) is 5.21. The number of nitrogen functional groups attached to an aromatic ring is 1. The Balaban J connectivity index is 3.14. The number of halogens is 3. The van der Waals surface area contributed by atoms with Crippen LogP contribution in [0.5, 0.6) is 0 Å². The minimum Gasteiger partial charge on any atom is -0.396 e. The van der Waals surface area contributed by atoms with Gasteiger partial charge in [0, 0.05) is 13.6 Å². The van der Waals surface area contributed by atoms with Gasteiger partial charge in [-0.05, 0) is 0 Å². The van der Waals surface area contributed by atoms with Crippen molar-refractivity contribution in [3.63, 3.8) is 0 Å². The zero-order valence-electron chi connectivity index (χ0n) is 11.1. The van der Waals surface area contributed by atoms with Gasteiger partial charge in [-0.3, -0.25) is 4.79 Å². The lowest BCUT2D eigenvalue weighted by molar-refractivity contribution is -0.119. The fourth-order valence-corrected chi connectivity index (χ4v) is 2.61. The highest BCUT2D eigenvalue weighted by molar-refractivity contribution is 7.19. The van der Waals surface area contributed by atoms with Crippen LogP contribution in [0.3, 0.4) is 0 Å². The van der Waals surface area contributed by atoms with E-state index >= 15 is 0 Å². The van der Waals surface area contributed by atoms with Crippen LogP contribution in [0.4, 0.5) is 23.9 Å². The maximum atomic E-state index is 12.4. The van der Waals surface area contributed by atoms with Crippen molar-refractivity contribution in [2.75, 3.05) is 30.8 Å². The Labute approximate surface area is 123 Å². The molecule has 5 nitrogen and oxygen atoms in total. The number of carbonyl (C=O) groups excluding carboxylic acids is 1. The first-order valence-corrected chi connectivity index (χ1v) is 6.52. The van der Waals surface area contributed by atoms with E-state index in [-0.39, 0.29) is 27.7 Å². The summed E-state index contributed by atoms with van der Waals surface area (Å²) in [5, 5.41) is 11.5. The lowest BCUT2D eigenvalue weighted by atomic mass is 10.2. The van der Waals surface area contributed by atoms with Gasteiger partial charge >= 0.3 is 6.18 Å². The molecule has 0 unspecified atom stereocenters. The van der Waals surface area contributed by atoms with Crippen LogP contribution in [0.25, 0.3) is 0 Å². The summed E-state index contributed by atoms with van der Waals surface area (Å²) >= 11 is 0.750. The number of thiophene rings is 1. The first-order valence-electron chi connectivity index (χ1n) is 5.70. The van der Waals surface area contributed by atoms with E-state index in [0.29, 0.717) is 0 Å². The number of nitrogens with one attached hydrogen (secondary N) is 1. The quantitative estimate of drug-likeness (QED) is 0.815. The summed E-state index contributed by atoms with van der Waals surface area (Å²) < 4.78 is 37.3. The van der Waals surface area contributed by atoms with Crippen molar-refractivity contribution in [1.29, 1.82) is 5.26 Å². The van der Waals surface area contributed by atoms with Gasteiger partial charge in [-0.25, -0.2) is 0 Å². The predicted octanol–water partition coefficient (Wildman–Crippen LogP) is 2.12. The van der Waals surface area contributed by atoms with Crippen molar-refractivity contribution in [3.8, 4) is 6.07 Å².